The lowest BCUT2D eigenvalue weighted by atomic mass is 10.1. The standard InChI is InChI=1S/C13H21N3S/c1-10(12-4-3-7-17-12)8-15-13(14-2)16-9-11-5-6-11/h3-4,7,10-11H,5-6,8-9H2,1-2H3,(H2,14,15,16). The molecule has 2 rings (SSSR count). The van der Waals surface area contributed by atoms with Crippen LogP contribution in [0.15, 0.2) is 22.5 Å². The van der Waals surface area contributed by atoms with Gasteiger partial charge in [0.15, 0.2) is 5.96 Å². The van der Waals surface area contributed by atoms with Gasteiger partial charge in [-0.25, -0.2) is 0 Å². The van der Waals surface area contributed by atoms with Gasteiger partial charge in [-0.1, -0.05) is 13.0 Å². The number of hydrogen-bond acceptors (Lipinski definition) is 2. The first-order valence-corrected chi connectivity index (χ1v) is 7.15. The number of thiophene rings is 1. The van der Waals surface area contributed by atoms with Gasteiger partial charge in [0.05, 0.1) is 0 Å². The van der Waals surface area contributed by atoms with Crippen molar-refractivity contribution in [3.05, 3.63) is 22.4 Å². The van der Waals surface area contributed by atoms with Crippen LogP contribution >= 0.6 is 11.3 Å². The Morgan fingerprint density at radius 1 is 1.53 bits per heavy atom. The molecule has 1 heterocycles. The van der Waals surface area contributed by atoms with E-state index in [0.29, 0.717) is 5.92 Å². The second-order valence-corrected chi connectivity index (χ2v) is 5.67. The maximum atomic E-state index is 4.24. The highest BCUT2D eigenvalue weighted by atomic mass is 32.1. The maximum Gasteiger partial charge on any atom is 0.191 e. The van der Waals surface area contributed by atoms with Gasteiger partial charge in [0.1, 0.15) is 0 Å². The highest BCUT2D eigenvalue weighted by molar-refractivity contribution is 7.10. The van der Waals surface area contributed by atoms with Crippen molar-refractivity contribution in [1.29, 1.82) is 0 Å². The van der Waals surface area contributed by atoms with Crippen LogP contribution in [0.25, 0.3) is 0 Å². The van der Waals surface area contributed by atoms with Gasteiger partial charge >= 0.3 is 0 Å². The highest BCUT2D eigenvalue weighted by Crippen LogP contribution is 2.27. The molecule has 17 heavy (non-hydrogen) atoms. The molecular formula is C13H21N3S. The zero-order valence-electron chi connectivity index (χ0n) is 10.6. The summed E-state index contributed by atoms with van der Waals surface area (Å²) in [7, 11) is 1.83. The lowest BCUT2D eigenvalue weighted by Gasteiger charge is -2.14. The van der Waals surface area contributed by atoms with Crippen molar-refractivity contribution < 1.29 is 0 Å². The van der Waals surface area contributed by atoms with Crippen LogP contribution in [0.5, 0.6) is 0 Å². The molecule has 1 aliphatic carbocycles. The summed E-state index contributed by atoms with van der Waals surface area (Å²) in [6.07, 6.45) is 2.74. The molecule has 1 saturated carbocycles. The molecule has 0 aromatic carbocycles. The Balaban J connectivity index is 1.71. The van der Waals surface area contributed by atoms with E-state index in [-0.39, 0.29) is 0 Å². The molecule has 1 fully saturated rings. The Morgan fingerprint density at radius 3 is 2.94 bits per heavy atom. The Bertz CT molecular complexity index is 355. The van der Waals surface area contributed by atoms with E-state index in [1.807, 2.05) is 18.4 Å². The van der Waals surface area contributed by atoms with Crippen molar-refractivity contribution in [3.8, 4) is 0 Å². The van der Waals surface area contributed by atoms with E-state index in [4.69, 9.17) is 0 Å². The van der Waals surface area contributed by atoms with E-state index in [2.05, 4.69) is 40.1 Å². The molecule has 1 aliphatic rings. The molecule has 0 radical (unpaired) electrons. The summed E-state index contributed by atoms with van der Waals surface area (Å²) in [5.74, 6) is 2.35. The Kier molecular flexibility index (Phi) is 4.42. The third-order valence-corrected chi connectivity index (χ3v) is 4.19. The Morgan fingerprint density at radius 2 is 2.35 bits per heavy atom. The molecule has 1 unspecified atom stereocenters. The summed E-state index contributed by atoms with van der Waals surface area (Å²) in [4.78, 5) is 5.66. The Labute approximate surface area is 107 Å². The molecule has 1 aromatic rings. The molecule has 3 nitrogen and oxygen atoms in total. The molecule has 0 bridgehead atoms. The number of guanidine groups is 1. The Hall–Kier alpha value is -1.03. The molecule has 0 spiro atoms. The molecule has 2 N–H and O–H groups in total. The smallest absolute Gasteiger partial charge is 0.191 e. The fourth-order valence-corrected chi connectivity index (χ4v) is 2.49. The second kappa shape index (κ2) is 6.05. The summed E-state index contributed by atoms with van der Waals surface area (Å²) in [6, 6.07) is 4.30. The molecule has 0 saturated heterocycles. The van der Waals surface area contributed by atoms with Crippen molar-refractivity contribution in [2.24, 2.45) is 10.9 Å². The lowest BCUT2D eigenvalue weighted by Crippen LogP contribution is -2.39. The van der Waals surface area contributed by atoms with Crippen LogP contribution in [0.3, 0.4) is 0 Å². The van der Waals surface area contributed by atoms with Crippen molar-refractivity contribution in [1.82, 2.24) is 10.6 Å². The van der Waals surface area contributed by atoms with Crippen molar-refractivity contribution in [2.45, 2.75) is 25.7 Å². The van der Waals surface area contributed by atoms with E-state index in [1.54, 1.807) is 0 Å². The topological polar surface area (TPSA) is 36.4 Å². The minimum absolute atomic E-state index is 0.537. The zero-order chi connectivity index (χ0) is 12.1. The van der Waals surface area contributed by atoms with Crippen LogP contribution in [0.4, 0.5) is 0 Å². The summed E-state index contributed by atoms with van der Waals surface area (Å²) in [6.45, 7) is 4.24. The largest absolute Gasteiger partial charge is 0.356 e. The summed E-state index contributed by atoms with van der Waals surface area (Å²) < 4.78 is 0. The molecule has 1 atom stereocenters. The lowest BCUT2D eigenvalue weighted by molar-refractivity contribution is 0.692. The number of nitrogens with one attached hydrogen (secondary N) is 2. The molecule has 94 valence electrons. The van der Waals surface area contributed by atoms with Gasteiger partial charge in [-0.2, -0.15) is 0 Å². The number of nitrogens with zero attached hydrogens (tertiary/aromatic N) is 1. The van der Waals surface area contributed by atoms with Crippen molar-refractivity contribution in [2.75, 3.05) is 20.1 Å². The quantitative estimate of drug-likeness (QED) is 0.623. The monoisotopic (exact) mass is 251 g/mol. The van der Waals surface area contributed by atoms with Gasteiger partial charge in [-0.15, -0.1) is 11.3 Å². The summed E-state index contributed by atoms with van der Waals surface area (Å²) >= 11 is 1.82. The zero-order valence-corrected chi connectivity index (χ0v) is 11.4. The molecular weight excluding hydrogens is 230 g/mol. The summed E-state index contributed by atoms with van der Waals surface area (Å²) in [5.41, 5.74) is 0. The van der Waals surface area contributed by atoms with Crippen LogP contribution < -0.4 is 10.6 Å². The van der Waals surface area contributed by atoms with Gasteiger partial charge in [0.25, 0.3) is 0 Å². The average molecular weight is 251 g/mol. The molecule has 1 aromatic heterocycles. The van der Waals surface area contributed by atoms with E-state index >= 15 is 0 Å². The normalized spacial score (nSPS) is 17.9. The van der Waals surface area contributed by atoms with Crippen molar-refractivity contribution >= 4 is 17.3 Å². The van der Waals surface area contributed by atoms with Crippen molar-refractivity contribution in [3.63, 3.8) is 0 Å². The SMILES string of the molecule is CN=C(NCC1CC1)NCC(C)c1cccs1. The first-order valence-electron chi connectivity index (χ1n) is 6.27. The van der Waals surface area contributed by atoms with E-state index in [9.17, 15) is 0 Å². The fraction of sp³-hybridized carbons (Fsp3) is 0.615. The average Bonchev–Trinajstić information content (AvgIpc) is 3.01. The molecule has 4 heteroatoms. The number of rotatable bonds is 5. The minimum atomic E-state index is 0.537. The second-order valence-electron chi connectivity index (χ2n) is 4.69. The first kappa shape index (κ1) is 12.4. The predicted octanol–water partition coefficient (Wildman–Crippen LogP) is 2.43. The molecule has 0 aliphatic heterocycles. The third kappa shape index (κ3) is 4.04. The van der Waals surface area contributed by atoms with Gasteiger partial charge in [0.2, 0.25) is 0 Å². The van der Waals surface area contributed by atoms with Crippen LogP contribution in [-0.4, -0.2) is 26.1 Å². The van der Waals surface area contributed by atoms with E-state index in [1.165, 1.54) is 17.7 Å². The predicted molar refractivity (Wildman–Crippen MR) is 74.8 cm³/mol. The number of hydrogen-bond donors (Lipinski definition) is 2. The highest BCUT2D eigenvalue weighted by Gasteiger charge is 2.21. The van der Waals surface area contributed by atoms with Gasteiger partial charge in [-0.3, -0.25) is 4.99 Å². The maximum absolute atomic E-state index is 4.24. The van der Waals surface area contributed by atoms with E-state index in [0.717, 1.165) is 25.0 Å². The third-order valence-electron chi connectivity index (χ3n) is 3.08. The van der Waals surface area contributed by atoms with Crippen LogP contribution in [-0.2, 0) is 0 Å². The fourth-order valence-electron chi connectivity index (χ4n) is 1.71. The van der Waals surface area contributed by atoms with Gasteiger partial charge in [0, 0.05) is 30.9 Å². The van der Waals surface area contributed by atoms with E-state index < -0.39 is 0 Å². The van der Waals surface area contributed by atoms with Gasteiger partial charge in [-0.05, 0) is 30.2 Å². The van der Waals surface area contributed by atoms with Crippen LogP contribution in [0, 0.1) is 5.92 Å². The summed E-state index contributed by atoms with van der Waals surface area (Å²) in [5, 5.41) is 8.89. The first-order chi connectivity index (χ1) is 8.29. The molecule has 0 amide bonds. The van der Waals surface area contributed by atoms with Crippen LogP contribution in [0.2, 0.25) is 0 Å². The van der Waals surface area contributed by atoms with Gasteiger partial charge < -0.3 is 10.6 Å². The van der Waals surface area contributed by atoms with Crippen LogP contribution in [0.1, 0.15) is 30.6 Å². The number of aliphatic imine (C=N–C) groups is 1. The minimum Gasteiger partial charge on any atom is -0.356 e.